The summed E-state index contributed by atoms with van der Waals surface area (Å²) >= 11 is 3.99. The Balaban J connectivity index is 5.22. The fourth-order valence-corrected chi connectivity index (χ4v) is 2.37. The van der Waals surface area contributed by atoms with Gasteiger partial charge in [-0.1, -0.05) is 20.3 Å². The summed E-state index contributed by atoms with van der Waals surface area (Å²) in [6.45, 7) is 2.72. The molecule has 0 aliphatic carbocycles. The van der Waals surface area contributed by atoms with E-state index in [2.05, 4.69) is 23.3 Å². The Hall–Kier alpha value is -2.38. The third-order valence-corrected chi connectivity index (χ3v) is 4.58. The van der Waals surface area contributed by atoms with Crippen LogP contribution in [-0.2, 0) is 24.0 Å². The number of rotatable bonds is 13. The predicted molar refractivity (Wildman–Crippen MR) is 106 cm³/mol. The molecule has 0 saturated carbocycles. The van der Waals surface area contributed by atoms with Crippen molar-refractivity contribution in [3.05, 3.63) is 0 Å². The molecule has 0 spiro atoms. The van der Waals surface area contributed by atoms with Gasteiger partial charge in [0.15, 0.2) is 0 Å². The van der Waals surface area contributed by atoms with E-state index in [9.17, 15) is 24.0 Å². The lowest BCUT2D eigenvalue weighted by molar-refractivity contribution is -0.143. The third kappa shape index (κ3) is 9.11. The number of carboxylic acids is 1. The summed E-state index contributed by atoms with van der Waals surface area (Å²) < 4.78 is 0. The largest absolute Gasteiger partial charge is 0.480 e. The van der Waals surface area contributed by atoms with Crippen molar-refractivity contribution in [1.29, 1.82) is 0 Å². The van der Waals surface area contributed by atoms with Crippen LogP contribution in [0.4, 0.5) is 0 Å². The summed E-state index contributed by atoms with van der Waals surface area (Å²) in [6.07, 6.45) is 0.0117. The van der Waals surface area contributed by atoms with E-state index >= 15 is 0 Å². The number of hydrogen-bond donors (Lipinski definition) is 8. The quantitative estimate of drug-likeness (QED) is 0.137. The van der Waals surface area contributed by atoms with Crippen LogP contribution in [0.15, 0.2) is 0 Å². The molecule has 0 aromatic rings. The van der Waals surface area contributed by atoms with Crippen LogP contribution in [0.2, 0.25) is 0 Å². The van der Waals surface area contributed by atoms with E-state index in [1.54, 1.807) is 6.92 Å². The van der Waals surface area contributed by atoms with Gasteiger partial charge in [0.25, 0.3) is 0 Å². The number of nitrogens with two attached hydrogens (primary N) is 2. The van der Waals surface area contributed by atoms with E-state index in [0.29, 0.717) is 6.42 Å². The maximum absolute atomic E-state index is 12.4. The normalized spacial score (nSPS) is 15.9. The van der Waals surface area contributed by atoms with Crippen molar-refractivity contribution in [3.8, 4) is 0 Å². The van der Waals surface area contributed by atoms with Crippen molar-refractivity contribution < 1.29 is 34.2 Å². The molecular weight excluding hydrogens is 406 g/mol. The Morgan fingerprint density at radius 1 is 0.966 bits per heavy atom. The highest BCUT2D eigenvalue weighted by Gasteiger charge is 2.31. The van der Waals surface area contributed by atoms with Crippen LogP contribution >= 0.6 is 12.6 Å². The Bertz CT molecular complexity index is 618. The maximum atomic E-state index is 12.4. The zero-order valence-corrected chi connectivity index (χ0v) is 17.1. The molecule has 166 valence electrons. The summed E-state index contributed by atoms with van der Waals surface area (Å²) in [5, 5.41) is 24.5. The molecule has 13 heteroatoms. The summed E-state index contributed by atoms with van der Waals surface area (Å²) in [7, 11) is 0. The van der Waals surface area contributed by atoms with Gasteiger partial charge in [-0.25, -0.2) is 4.79 Å². The molecule has 0 heterocycles. The number of carbonyl (C=O) groups is 5. The highest BCUT2D eigenvalue weighted by atomic mass is 32.1. The molecule has 0 aromatic carbocycles. The van der Waals surface area contributed by atoms with E-state index in [1.165, 1.54) is 0 Å². The van der Waals surface area contributed by atoms with Gasteiger partial charge in [-0.3, -0.25) is 19.2 Å². The second kappa shape index (κ2) is 13.0. The van der Waals surface area contributed by atoms with Gasteiger partial charge < -0.3 is 37.6 Å². The Morgan fingerprint density at radius 2 is 1.45 bits per heavy atom. The number of nitrogens with one attached hydrogen (secondary N) is 3. The minimum Gasteiger partial charge on any atom is -0.480 e. The smallest absolute Gasteiger partial charge is 0.328 e. The number of primary amides is 1. The standard InChI is InChI=1S/C16H29N5O7S/c1-3-7(2)12(18)15(26)21-10(6-29)14(25)19-8(4-11(17)23)13(24)20-9(5-22)16(27)28/h7-10,12,22,29H,3-6,18H2,1-2H3,(H2,17,23)(H,19,25)(H,20,24)(H,21,26)(H,27,28). The van der Waals surface area contributed by atoms with Gasteiger partial charge in [-0.2, -0.15) is 12.6 Å². The van der Waals surface area contributed by atoms with Crippen molar-refractivity contribution in [1.82, 2.24) is 16.0 Å². The molecule has 29 heavy (non-hydrogen) atoms. The Kier molecular flexibility index (Phi) is 11.9. The highest BCUT2D eigenvalue weighted by molar-refractivity contribution is 7.80. The minimum absolute atomic E-state index is 0.135. The molecule has 9 N–H and O–H groups in total. The lowest BCUT2D eigenvalue weighted by Crippen LogP contribution is -2.59. The molecule has 12 nitrogen and oxygen atoms in total. The molecule has 0 saturated heterocycles. The first kappa shape index (κ1) is 26.6. The summed E-state index contributed by atoms with van der Waals surface area (Å²) in [6, 6.07) is -5.18. The number of carbonyl (C=O) groups excluding carboxylic acids is 4. The van der Waals surface area contributed by atoms with Gasteiger partial charge in [0.1, 0.15) is 18.1 Å². The summed E-state index contributed by atoms with van der Waals surface area (Å²) in [5.74, 6) is -5.20. The van der Waals surface area contributed by atoms with E-state index in [4.69, 9.17) is 21.7 Å². The van der Waals surface area contributed by atoms with Crippen molar-refractivity contribution in [2.75, 3.05) is 12.4 Å². The first-order chi connectivity index (χ1) is 13.5. The molecule has 0 aliphatic rings. The first-order valence-corrected chi connectivity index (χ1v) is 9.51. The van der Waals surface area contributed by atoms with Gasteiger partial charge in [0, 0.05) is 5.75 Å². The van der Waals surface area contributed by atoms with Crippen LogP contribution in [-0.4, -0.2) is 76.3 Å². The average Bonchev–Trinajstić information content (AvgIpc) is 2.66. The number of thiol groups is 1. The SMILES string of the molecule is CCC(C)C(N)C(=O)NC(CS)C(=O)NC(CC(N)=O)C(=O)NC(CO)C(=O)O. The van der Waals surface area contributed by atoms with Gasteiger partial charge in [-0.05, 0) is 5.92 Å². The fraction of sp³-hybridized carbons (Fsp3) is 0.688. The number of carboxylic acid groups (broad SMARTS) is 1. The minimum atomic E-state index is -1.64. The second-order valence-corrected chi connectivity index (χ2v) is 6.83. The molecule has 0 radical (unpaired) electrons. The van der Waals surface area contributed by atoms with Gasteiger partial charge in [-0.15, -0.1) is 0 Å². The van der Waals surface area contributed by atoms with Crippen LogP contribution in [0, 0.1) is 5.92 Å². The van der Waals surface area contributed by atoms with E-state index in [1.807, 2.05) is 12.2 Å². The molecule has 5 unspecified atom stereocenters. The van der Waals surface area contributed by atoms with Crippen LogP contribution < -0.4 is 27.4 Å². The van der Waals surface area contributed by atoms with Gasteiger partial charge >= 0.3 is 5.97 Å². The number of amides is 4. The van der Waals surface area contributed by atoms with E-state index in [-0.39, 0.29) is 11.7 Å². The highest BCUT2D eigenvalue weighted by Crippen LogP contribution is 2.06. The number of aliphatic carboxylic acids is 1. The summed E-state index contributed by atoms with van der Waals surface area (Å²) in [4.78, 5) is 59.0. The topological polar surface area (TPSA) is 214 Å². The zero-order valence-electron chi connectivity index (χ0n) is 16.3. The molecule has 0 aliphatic heterocycles. The van der Waals surface area contributed by atoms with Gasteiger partial charge in [0.05, 0.1) is 19.1 Å². The van der Waals surface area contributed by atoms with Crippen molar-refractivity contribution in [2.45, 2.75) is 50.9 Å². The van der Waals surface area contributed by atoms with Gasteiger partial charge in [0.2, 0.25) is 23.6 Å². The summed E-state index contributed by atoms with van der Waals surface area (Å²) in [5.41, 5.74) is 10.9. The first-order valence-electron chi connectivity index (χ1n) is 8.87. The third-order valence-electron chi connectivity index (χ3n) is 4.21. The van der Waals surface area contributed by atoms with Crippen LogP contribution in [0.5, 0.6) is 0 Å². The number of hydrogen-bond acceptors (Lipinski definition) is 8. The molecule has 0 rings (SSSR count). The van der Waals surface area contributed by atoms with E-state index in [0.717, 1.165) is 0 Å². The lowest BCUT2D eigenvalue weighted by Gasteiger charge is -2.24. The maximum Gasteiger partial charge on any atom is 0.328 e. The fourth-order valence-electron chi connectivity index (χ4n) is 2.11. The molecule has 0 bridgehead atoms. The predicted octanol–water partition coefficient (Wildman–Crippen LogP) is -3.30. The number of aliphatic hydroxyl groups excluding tert-OH is 1. The van der Waals surface area contributed by atoms with Crippen LogP contribution in [0.25, 0.3) is 0 Å². The Labute approximate surface area is 173 Å². The zero-order chi connectivity index (χ0) is 22.7. The molecule has 0 fully saturated rings. The average molecular weight is 436 g/mol. The van der Waals surface area contributed by atoms with Crippen LogP contribution in [0.3, 0.4) is 0 Å². The number of aliphatic hydroxyl groups is 1. The molecule has 5 atom stereocenters. The second-order valence-electron chi connectivity index (χ2n) is 6.47. The van der Waals surface area contributed by atoms with Crippen LogP contribution in [0.1, 0.15) is 26.7 Å². The van der Waals surface area contributed by atoms with Crippen molar-refractivity contribution >= 4 is 42.2 Å². The van der Waals surface area contributed by atoms with Crippen molar-refractivity contribution in [2.24, 2.45) is 17.4 Å². The molecular formula is C16H29N5O7S. The molecule has 4 amide bonds. The Morgan fingerprint density at radius 3 is 1.86 bits per heavy atom. The molecule has 0 aromatic heterocycles. The lowest BCUT2D eigenvalue weighted by atomic mass is 9.99. The van der Waals surface area contributed by atoms with E-state index < -0.39 is 66.8 Å². The van der Waals surface area contributed by atoms with Crippen molar-refractivity contribution in [3.63, 3.8) is 0 Å². The monoisotopic (exact) mass is 435 g/mol.